The molecule has 1 atom stereocenters. The van der Waals surface area contributed by atoms with Gasteiger partial charge in [-0.2, -0.15) is 0 Å². The Morgan fingerprint density at radius 1 is 1.21 bits per heavy atom. The van der Waals surface area contributed by atoms with Gasteiger partial charge in [0.05, 0.1) is 0 Å². The average Bonchev–Trinajstić information content (AvgIpc) is 2.59. The number of carbonyl (C=O) groups excluding carboxylic acids is 2. The second-order valence-electron chi connectivity index (χ2n) is 5.06. The van der Waals surface area contributed by atoms with Crippen LogP contribution in [0.3, 0.4) is 0 Å². The van der Waals surface area contributed by atoms with Crippen LogP contribution >= 0.6 is 0 Å². The quantitative estimate of drug-likeness (QED) is 0.616. The Hall–Kier alpha value is -2.08. The Kier molecular flexibility index (Phi) is 3.71. The number of ether oxygens (including phenoxy) is 1. The molecule has 1 aliphatic carbocycles. The van der Waals surface area contributed by atoms with Crippen molar-refractivity contribution in [2.45, 2.75) is 33.3 Å². The minimum atomic E-state index is -1.09. The van der Waals surface area contributed by atoms with Crippen molar-refractivity contribution >= 4 is 11.6 Å². The molecule has 19 heavy (non-hydrogen) atoms. The number of Topliss-reactive ketones (excluding diaryl/α,β-unsaturated/α-hetero) is 2. The smallest absolute Gasteiger partial charge is 0.235 e. The summed E-state index contributed by atoms with van der Waals surface area (Å²) in [4.78, 5) is 24.2. The van der Waals surface area contributed by atoms with Gasteiger partial charge in [0.2, 0.25) is 17.7 Å². The monoisotopic (exact) mass is 256 g/mol. The highest BCUT2D eigenvalue weighted by Gasteiger charge is 2.40. The van der Waals surface area contributed by atoms with Gasteiger partial charge in [0.1, 0.15) is 6.11 Å². The first-order chi connectivity index (χ1) is 9.04. The Balaban J connectivity index is 2.33. The number of carbonyl (C=O) groups is 2. The van der Waals surface area contributed by atoms with Crippen molar-refractivity contribution in [1.82, 2.24) is 0 Å². The van der Waals surface area contributed by atoms with E-state index in [2.05, 4.69) is 25.9 Å². The van der Waals surface area contributed by atoms with E-state index in [4.69, 9.17) is 4.74 Å². The normalized spacial score (nSPS) is 17.2. The van der Waals surface area contributed by atoms with Crippen molar-refractivity contribution in [1.29, 1.82) is 0 Å². The van der Waals surface area contributed by atoms with E-state index in [0.29, 0.717) is 17.0 Å². The molecule has 0 saturated heterocycles. The molecule has 0 radical (unpaired) electrons. The summed E-state index contributed by atoms with van der Waals surface area (Å²) in [5, 5.41) is 0. The Labute approximate surface area is 113 Å². The number of hydrogen-bond donors (Lipinski definition) is 0. The van der Waals surface area contributed by atoms with Gasteiger partial charge in [0, 0.05) is 18.1 Å². The summed E-state index contributed by atoms with van der Waals surface area (Å²) in [5.74, 6) is 2.45. The van der Waals surface area contributed by atoms with Gasteiger partial charge >= 0.3 is 0 Å². The lowest BCUT2D eigenvalue weighted by Crippen LogP contribution is -2.23. The minimum absolute atomic E-state index is 0.284. The third kappa shape index (κ3) is 2.53. The third-order valence-electron chi connectivity index (χ3n) is 3.01. The molecule has 3 heteroatoms. The predicted octanol–water partition coefficient (Wildman–Crippen LogP) is 2.63. The summed E-state index contributed by atoms with van der Waals surface area (Å²) >= 11 is 0. The van der Waals surface area contributed by atoms with Crippen LogP contribution in [0.4, 0.5) is 0 Å². The SMILES string of the molecule is CC#COC1C(=O)c2ccc(CC(C)C)cc2C1=O. The summed E-state index contributed by atoms with van der Waals surface area (Å²) in [6.45, 7) is 5.82. The molecule has 0 N–H and O–H groups in total. The van der Waals surface area contributed by atoms with E-state index in [1.54, 1.807) is 19.1 Å². The zero-order chi connectivity index (χ0) is 14.0. The summed E-state index contributed by atoms with van der Waals surface area (Å²) in [6, 6.07) is 5.42. The lowest BCUT2D eigenvalue weighted by atomic mass is 9.99. The molecule has 0 heterocycles. The zero-order valence-corrected chi connectivity index (χ0v) is 11.3. The van der Waals surface area contributed by atoms with Gasteiger partial charge < -0.3 is 4.74 Å². The van der Waals surface area contributed by atoms with E-state index >= 15 is 0 Å². The molecule has 98 valence electrons. The van der Waals surface area contributed by atoms with Crippen molar-refractivity contribution in [2.75, 3.05) is 0 Å². The van der Waals surface area contributed by atoms with Gasteiger partial charge in [0.15, 0.2) is 0 Å². The van der Waals surface area contributed by atoms with E-state index in [9.17, 15) is 9.59 Å². The Morgan fingerprint density at radius 3 is 2.53 bits per heavy atom. The van der Waals surface area contributed by atoms with Crippen LogP contribution < -0.4 is 0 Å². The van der Waals surface area contributed by atoms with Crippen LogP contribution in [0.1, 0.15) is 47.1 Å². The number of ketones is 2. The van der Waals surface area contributed by atoms with E-state index in [0.717, 1.165) is 12.0 Å². The maximum Gasteiger partial charge on any atom is 0.235 e. The number of benzene rings is 1. The van der Waals surface area contributed by atoms with Gasteiger partial charge in [-0.15, -0.1) is 0 Å². The van der Waals surface area contributed by atoms with Crippen molar-refractivity contribution < 1.29 is 14.3 Å². The standard InChI is InChI=1S/C16H16O3/c1-4-7-19-16-14(17)12-6-5-11(8-10(2)3)9-13(12)15(16)18/h5-6,9-10,16H,8H2,1-3H3. The van der Waals surface area contributed by atoms with Gasteiger partial charge in [-0.25, -0.2) is 0 Å². The van der Waals surface area contributed by atoms with E-state index < -0.39 is 6.10 Å². The molecule has 3 nitrogen and oxygen atoms in total. The first kappa shape index (κ1) is 13.4. The second-order valence-corrected chi connectivity index (χ2v) is 5.06. The van der Waals surface area contributed by atoms with Gasteiger partial charge in [-0.1, -0.05) is 31.9 Å². The summed E-state index contributed by atoms with van der Waals surface area (Å²) < 4.78 is 5.02. The summed E-state index contributed by atoms with van der Waals surface area (Å²) in [6.07, 6.45) is 2.14. The lowest BCUT2D eigenvalue weighted by molar-refractivity contribution is 0.0659. The van der Waals surface area contributed by atoms with Gasteiger partial charge in [-0.05, 0) is 24.0 Å². The molecule has 0 amide bonds. The van der Waals surface area contributed by atoms with Crippen LogP contribution in [0.5, 0.6) is 0 Å². The zero-order valence-electron chi connectivity index (χ0n) is 11.3. The van der Waals surface area contributed by atoms with E-state index in [-0.39, 0.29) is 11.6 Å². The average molecular weight is 256 g/mol. The van der Waals surface area contributed by atoms with Crippen LogP contribution in [-0.4, -0.2) is 17.7 Å². The maximum absolute atomic E-state index is 12.1. The maximum atomic E-state index is 12.1. The number of rotatable bonds is 3. The topological polar surface area (TPSA) is 43.4 Å². The largest absolute Gasteiger partial charge is 0.426 e. The van der Waals surface area contributed by atoms with Crippen molar-refractivity contribution in [3.8, 4) is 12.0 Å². The molecular formula is C16H16O3. The summed E-state index contributed by atoms with van der Waals surface area (Å²) in [5.41, 5.74) is 1.98. The first-order valence-electron chi connectivity index (χ1n) is 6.33. The van der Waals surface area contributed by atoms with Crippen LogP contribution in [0.15, 0.2) is 18.2 Å². The Bertz CT molecular complexity index is 588. The molecule has 1 aromatic rings. The highest BCUT2D eigenvalue weighted by molar-refractivity contribution is 6.28. The number of hydrogen-bond acceptors (Lipinski definition) is 3. The van der Waals surface area contributed by atoms with Crippen LogP contribution in [0, 0.1) is 17.9 Å². The number of fused-ring (bicyclic) bond motifs is 1. The van der Waals surface area contributed by atoms with Crippen molar-refractivity contribution in [2.24, 2.45) is 5.92 Å². The fourth-order valence-corrected chi connectivity index (χ4v) is 2.23. The third-order valence-corrected chi connectivity index (χ3v) is 3.01. The minimum Gasteiger partial charge on any atom is -0.426 e. The van der Waals surface area contributed by atoms with Gasteiger partial charge in [0.25, 0.3) is 0 Å². The van der Waals surface area contributed by atoms with Crippen LogP contribution in [0.25, 0.3) is 0 Å². The molecule has 1 aromatic carbocycles. The second kappa shape index (κ2) is 5.27. The molecule has 1 unspecified atom stereocenters. The molecule has 0 spiro atoms. The van der Waals surface area contributed by atoms with Crippen LogP contribution in [0.2, 0.25) is 0 Å². The molecule has 0 aliphatic heterocycles. The molecule has 2 rings (SSSR count). The van der Waals surface area contributed by atoms with E-state index in [1.165, 1.54) is 0 Å². The summed E-state index contributed by atoms with van der Waals surface area (Å²) in [7, 11) is 0. The fraction of sp³-hybridized carbons (Fsp3) is 0.375. The Morgan fingerprint density at radius 2 is 1.89 bits per heavy atom. The molecule has 0 fully saturated rings. The van der Waals surface area contributed by atoms with Crippen LogP contribution in [-0.2, 0) is 11.2 Å². The highest BCUT2D eigenvalue weighted by Crippen LogP contribution is 2.26. The highest BCUT2D eigenvalue weighted by atomic mass is 16.5. The first-order valence-corrected chi connectivity index (χ1v) is 6.33. The molecule has 0 aromatic heterocycles. The van der Waals surface area contributed by atoms with Crippen molar-refractivity contribution in [3.63, 3.8) is 0 Å². The lowest BCUT2D eigenvalue weighted by Gasteiger charge is -2.05. The predicted molar refractivity (Wildman–Crippen MR) is 72.0 cm³/mol. The van der Waals surface area contributed by atoms with Gasteiger partial charge in [-0.3, -0.25) is 9.59 Å². The molecular weight excluding hydrogens is 240 g/mol. The fourth-order valence-electron chi connectivity index (χ4n) is 2.23. The van der Waals surface area contributed by atoms with E-state index in [1.807, 2.05) is 6.07 Å². The van der Waals surface area contributed by atoms with Crippen molar-refractivity contribution in [3.05, 3.63) is 34.9 Å². The molecule has 0 bridgehead atoms. The molecule has 0 saturated carbocycles. The molecule has 1 aliphatic rings.